The average molecular weight is 341 g/mol. The number of aryl methyl sites for hydroxylation is 2. The zero-order valence-electron chi connectivity index (χ0n) is 15.1. The minimum atomic E-state index is -0.0458. The summed E-state index contributed by atoms with van der Waals surface area (Å²) >= 11 is 0. The number of hydrogen-bond acceptors (Lipinski definition) is 4. The summed E-state index contributed by atoms with van der Waals surface area (Å²) in [5, 5.41) is 2.97. The van der Waals surface area contributed by atoms with E-state index in [1.165, 1.54) is 11.3 Å². The van der Waals surface area contributed by atoms with Crippen molar-refractivity contribution >= 4 is 11.6 Å². The van der Waals surface area contributed by atoms with Gasteiger partial charge in [-0.15, -0.1) is 0 Å². The zero-order chi connectivity index (χ0) is 17.6. The Morgan fingerprint density at radius 1 is 1.16 bits per heavy atom. The minimum Gasteiger partial charge on any atom is -0.469 e. The molecule has 3 rings (SSSR count). The highest BCUT2D eigenvalue weighted by molar-refractivity contribution is 5.94. The zero-order valence-corrected chi connectivity index (χ0v) is 15.1. The van der Waals surface area contributed by atoms with E-state index in [2.05, 4.69) is 46.3 Å². The molecule has 1 aliphatic rings. The molecule has 0 aliphatic carbocycles. The number of anilines is 1. The van der Waals surface area contributed by atoms with Gasteiger partial charge >= 0.3 is 0 Å². The highest BCUT2D eigenvalue weighted by Crippen LogP contribution is 2.17. The van der Waals surface area contributed by atoms with E-state index in [9.17, 15) is 4.79 Å². The second-order valence-corrected chi connectivity index (χ2v) is 6.67. The van der Waals surface area contributed by atoms with Crippen LogP contribution in [0.25, 0.3) is 0 Å². The Morgan fingerprint density at radius 3 is 2.64 bits per heavy atom. The van der Waals surface area contributed by atoms with Crippen molar-refractivity contribution in [2.75, 3.05) is 44.2 Å². The van der Waals surface area contributed by atoms with E-state index in [0.717, 1.165) is 39.1 Å². The smallest absolute Gasteiger partial charge is 0.254 e. The highest BCUT2D eigenvalue weighted by atomic mass is 16.3. The lowest BCUT2D eigenvalue weighted by Gasteiger charge is -2.36. The van der Waals surface area contributed by atoms with Gasteiger partial charge in [-0.25, -0.2) is 0 Å². The van der Waals surface area contributed by atoms with Gasteiger partial charge in [-0.05, 0) is 50.6 Å². The van der Waals surface area contributed by atoms with Gasteiger partial charge in [0.15, 0.2) is 0 Å². The largest absolute Gasteiger partial charge is 0.469 e. The van der Waals surface area contributed by atoms with E-state index in [1.807, 2.05) is 6.92 Å². The molecule has 1 aromatic carbocycles. The van der Waals surface area contributed by atoms with Crippen LogP contribution in [0.3, 0.4) is 0 Å². The fourth-order valence-corrected chi connectivity index (χ4v) is 3.27. The molecule has 0 radical (unpaired) electrons. The summed E-state index contributed by atoms with van der Waals surface area (Å²) in [5.41, 5.74) is 3.26. The molecule has 25 heavy (non-hydrogen) atoms. The van der Waals surface area contributed by atoms with Gasteiger partial charge in [-0.2, -0.15) is 0 Å². The fraction of sp³-hybridized carbons (Fsp3) is 0.450. The van der Waals surface area contributed by atoms with E-state index >= 15 is 0 Å². The summed E-state index contributed by atoms with van der Waals surface area (Å²) in [6.07, 6.45) is 2.52. The normalized spacial score (nSPS) is 15.4. The fourth-order valence-electron chi connectivity index (χ4n) is 3.27. The van der Waals surface area contributed by atoms with Gasteiger partial charge < -0.3 is 14.6 Å². The van der Waals surface area contributed by atoms with Crippen molar-refractivity contribution in [2.45, 2.75) is 20.3 Å². The molecule has 0 saturated carbocycles. The monoisotopic (exact) mass is 341 g/mol. The molecule has 0 unspecified atom stereocenters. The minimum absolute atomic E-state index is 0.0458. The number of benzene rings is 1. The first-order valence-electron chi connectivity index (χ1n) is 9.00. The van der Waals surface area contributed by atoms with Gasteiger partial charge in [-0.3, -0.25) is 9.69 Å². The van der Waals surface area contributed by atoms with E-state index < -0.39 is 0 Å². The van der Waals surface area contributed by atoms with Crippen molar-refractivity contribution in [3.8, 4) is 0 Å². The number of piperazine rings is 1. The van der Waals surface area contributed by atoms with Crippen LogP contribution in [0.2, 0.25) is 0 Å². The molecule has 1 amide bonds. The molecular weight excluding hydrogens is 314 g/mol. The first kappa shape index (κ1) is 17.5. The van der Waals surface area contributed by atoms with Crippen molar-refractivity contribution in [3.05, 3.63) is 53.5 Å². The molecule has 1 saturated heterocycles. The Kier molecular flexibility index (Phi) is 5.76. The van der Waals surface area contributed by atoms with Crippen molar-refractivity contribution in [1.82, 2.24) is 10.2 Å². The Balaban J connectivity index is 1.36. The Bertz CT molecular complexity index is 702. The van der Waals surface area contributed by atoms with E-state index in [4.69, 9.17) is 4.42 Å². The van der Waals surface area contributed by atoms with Crippen LogP contribution in [0.5, 0.6) is 0 Å². The maximum Gasteiger partial charge on any atom is 0.254 e. The lowest BCUT2D eigenvalue weighted by Crippen LogP contribution is -2.47. The summed E-state index contributed by atoms with van der Waals surface area (Å²) in [4.78, 5) is 16.9. The first-order chi connectivity index (χ1) is 12.1. The number of carbonyl (C=O) groups is 1. The van der Waals surface area contributed by atoms with Crippen molar-refractivity contribution in [1.29, 1.82) is 0 Å². The lowest BCUT2D eigenvalue weighted by atomic mass is 10.2. The predicted molar refractivity (Wildman–Crippen MR) is 100 cm³/mol. The molecule has 0 bridgehead atoms. The van der Waals surface area contributed by atoms with E-state index in [0.29, 0.717) is 17.9 Å². The van der Waals surface area contributed by atoms with Crippen LogP contribution in [-0.2, 0) is 0 Å². The molecule has 0 spiro atoms. The van der Waals surface area contributed by atoms with Crippen LogP contribution in [0.1, 0.15) is 28.1 Å². The lowest BCUT2D eigenvalue weighted by molar-refractivity contribution is 0.0950. The maximum atomic E-state index is 12.0. The van der Waals surface area contributed by atoms with Gasteiger partial charge in [0.1, 0.15) is 5.76 Å². The molecule has 1 fully saturated rings. The topological polar surface area (TPSA) is 48.7 Å². The third kappa shape index (κ3) is 4.63. The van der Waals surface area contributed by atoms with Gasteiger partial charge in [-0.1, -0.05) is 12.1 Å². The number of furan rings is 1. The van der Waals surface area contributed by atoms with E-state index in [-0.39, 0.29) is 5.91 Å². The standard InChI is InChI=1S/C20H27N3O2/c1-16-5-3-6-18(15-16)23-12-10-22(11-13-23)9-4-8-21-20(24)19-7-14-25-17(19)2/h3,5-7,14-15H,4,8-13H2,1-2H3,(H,21,24). The molecule has 0 atom stereocenters. The van der Waals surface area contributed by atoms with Crippen LogP contribution in [0, 0.1) is 13.8 Å². The molecule has 2 aromatic rings. The van der Waals surface area contributed by atoms with E-state index in [1.54, 1.807) is 12.3 Å². The number of rotatable bonds is 6. The molecule has 1 aliphatic heterocycles. The second kappa shape index (κ2) is 8.21. The second-order valence-electron chi connectivity index (χ2n) is 6.67. The number of nitrogens with one attached hydrogen (secondary N) is 1. The van der Waals surface area contributed by atoms with Crippen molar-refractivity contribution in [2.24, 2.45) is 0 Å². The Labute approximate surface area is 149 Å². The van der Waals surface area contributed by atoms with Crippen LogP contribution < -0.4 is 10.2 Å². The quantitative estimate of drug-likeness (QED) is 0.821. The molecule has 1 N–H and O–H groups in total. The van der Waals surface area contributed by atoms with Crippen LogP contribution in [-0.4, -0.2) is 50.1 Å². The summed E-state index contributed by atoms with van der Waals surface area (Å²) in [6, 6.07) is 10.4. The molecule has 5 nitrogen and oxygen atoms in total. The molecular formula is C20H27N3O2. The Hall–Kier alpha value is -2.27. The van der Waals surface area contributed by atoms with Crippen molar-refractivity contribution in [3.63, 3.8) is 0 Å². The number of carbonyl (C=O) groups excluding carboxylic acids is 1. The first-order valence-corrected chi connectivity index (χ1v) is 9.00. The number of amides is 1. The molecule has 1 aromatic heterocycles. The molecule has 134 valence electrons. The third-order valence-corrected chi connectivity index (χ3v) is 4.78. The van der Waals surface area contributed by atoms with Gasteiger partial charge in [0.2, 0.25) is 0 Å². The SMILES string of the molecule is Cc1cccc(N2CCN(CCCNC(=O)c3ccoc3C)CC2)c1. The van der Waals surface area contributed by atoms with Crippen LogP contribution in [0.15, 0.2) is 41.0 Å². The summed E-state index contributed by atoms with van der Waals surface area (Å²) < 4.78 is 5.17. The predicted octanol–water partition coefficient (Wildman–Crippen LogP) is 2.84. The summed E-state index contributed by atoms with van der Waals surface area (Å²) in [5.74, 6) is 0.625. The summed E-state index contributed by atoms with van der Waals surface area (Å²) in [6.45, 7) is 9.93. The highest BCUT2D eigenvalue weighted by Gasteiger charge is 2.17. The maximum absolute atomic E-state index is 12.0. The molecule has 5 heteroatoms. The van der Waals surface area contributed by atoms with Gasteiger partial charge in [0.05, 0.1) is 11.8 Å². The van der Waals surface area contributed by atoms with Crippen molar-refractivity contribution < 1.29 is 9.21 Å². The van der Waals surface area contributed by atoms with Crippen LogP contribution >= 0.6 is 0 Å². The Morgan fingerprint density at radius 2 is 1.96 bits per heavy atom. The number of hydrogen-bond donors (Lipinski definition) is 1. The van der Waals surface area contributed by atoms with Gasteiger partial charge in [0.25, 0.3) is 5.91 Å². The number of nitrogens with zero attached hydrogens (tertiary/aromatic N) is 2. The molecule has 2 heterocycles. The summed E-state index contributed by atoms with van der Waals surface area (Å²) in [7, 11) is 0. The van der Waals surface area contributed by atoms with Crippen LogP contribution in [0.4, 0.5) is 5.69 Å². The van der Waals surface area contributed by atoms with Gasteiger partial charge in [0, 0.05) is 38.4 Å². The average Bonchev–Trinajstić information content (AvgIpc) is 3.05. The third-order valence-electron chi connectivity index (χ3n) is 4.78.